The molecule has 0 fully saturated rings. The summed E-state index contributed by atoms with van der Waals surface area (Å²) in [5, 5.41) is 2.89. The van der Waals surface area contributed by atoms with E-state index in [9.17, 15) is 18.0 Å². The summed E-state index contributed by atoms with van der Waals surface area (Å²) in [6.07, 6.45) is -4.75. The van der Waals surface area contributed by atoms with Gasteiger partial charge in [-0.05, 0) is 36.8 Å². The molecule has 0 saturated carbocycles. The molecular weight excluding hydrogens is 368 g/mol. The largest absolute Gasteiger partial charge is 0.573 e. The minimum absolute atomic E-state index is 0.0342. The molecule has 1 atom stereocenters. The molecule has 0 aliphatic heterocycles. The van der Waals surface area contributed by atoms with E-state index in [1.165, 1.54) is 24.3 Å². The third-order valence-electron chi connectivity index (χ3n) is 2.99. The smallest absolute Gasteiger partial charge is 0.406 e. The SMILES string of the molecule is C[C@@H](NC(=O)c1nc(Cl)ccc1Cl)c1ccc(OC(F)(F)F)cc1. The number of nitrogens with zero attached hydrogens (tertiary/aromatic N) is 1. The first-order valence-electron chi connectivity index (χ1n) is 6.64. The molecule has 1 aromatic heterocycles. The summed E-state index contributed by atoms with van der Waals surface area (Å²) < 4.78 is 40.1. The molecule has 0 aliphatic carbocycles. The highest BCUT2D eigenvalue weighted by molar-refractivity contribution is 6.34. The first-order valence-corrected chi connectivity index (χ1v) is 7.40. The van der Waals surface area contributed by atoms with Gasteiger partial charge in [0, 0.05) is 0 Å². The Kier molecular flexibility index (Phi) is 5.56. The van der Waals surface area contributed by atoms with E-state index in [1.807, 2.05) is 0 Å². The standard InChI is InChI=1S/C15H11Cl2F3N2O2/c1-8(9-2-4-10(5-3-9)24-15(18,19)20)21-14(23)13-11(16)6-7-12(17)22-13/h2-8H,1H3,(H,21,23)/t8-/m1/s1. The lowest BCUT2D eigenvalue weighted by Gasteiger charge is -2.15. The molecule has 2 aromatic rings. The van der Waals surface area contributed by atoms with Gasteiger partial charge in [0.05, 0.1) is 11.1 Å². The molecule has 1 N–H and O–H groups in total. The number of ether oxygens (including phenoxy) is 1. The van der Waals surface area contributed by atoms with Gasteiger partial charge >= 0.3 is 6.36 Å². The molecule has 2 rings (SSSR count). The lowest BCUT2D eigenvalue weighted by Crippen LogP contribution is -2.27. The number of pyridine rings is 1. The number of hydrogen-bond donors (Lipinski definition) is 1. The Morgan fingerprint density at radius 3 is 2.38 bits per heavy atom. The predicted octanol–water partition coefficient (Wildman–Crippen LogP) is 4.78. The van der Waals surface area contributed by atoms with Gasteiger partial charge in [-0.3, -0.25) is 4.79 Å². The monoisotopic (exact) mass is 378 g/mol. The molecular formula is C15H11Cl2F3N2O2. The number of aromatic nitrogens is 1. The van der Waals surface area contributed by atoms with Gasteiger partial charge in [-0.25, -0.2) is 4.98 Å². The quantitative estimate of drug-likeness (QED) is 0.779. The van der Waals surface area contributed by atoms with Crippen LogP contribution in [0.15, 0.2) is 36.4 Å². The van der Waals surface area contributed by atoms with Crippen molar-refractivity contribution in [3.05, 3.63) is 57.8 Å². The summed E-state index contributed by atoms with van der Waals surface area (Å²) in [5.74, 6) is -0.894. The van der Waals surface area contributed by atoms with E-state index in [0.29, 0.717) is 5.56 Å². The van der Waals surface area contributed by atoms with Gasteiger partial charge in [0.2, 0.25) is 0 Å². The minimum atomic E-state index is -4.75. The van der Waals surface area contributed by atoms with Crippen LogP contribution in [0.1, 0.15) is 29.0 Å². The Labute approximate surface area is 145 Å². The first kappa shape index (κ1) is 18.4. The van der Waals surface area contributed by atoms with Crippen LogP contribution in [0.5, 0.6) is 5.75 Å². The average Bonchev–Trinajstić information content (AvgIpc) is 2.48. The van der Waals surface area contributed by atoms with Crippen molar-refractivity contribution in [3.63, 3.8) is 0 Å². The average molecular weight is 379 g/mol. The molecule has 1 aromatic carbocycles. The predicted molar refractivity (Wildman–Crippen MR) is 83.3 cm³/mol. The van der Waals surface area contributed by atoms with Crippen LogP contribution in [0.4, 0.5) is 13.2 Å². The number of carbonyl (C=O) groups is 1. The summed E-state index contributed by atoms with van der Waals surface area (Å²) in [6.45, 7) is 1.66. The van der Waals surface area contributed by atoms with E-state index in [2.05, 4.69) is 15.0 Å². The zero-order valence-electron chi connectivity index (χ0n) is 12.2. The Bertz CT molecular complexity index is 736. The number of carbonyl (C=O) groups excluding carboxylic acids is 1. The molecule has 9 heteroatoms. The summed E-state index contributed by atoms with van der Waals surface area (Å²) in [5.41, 5.74) is 0.545. The molecule has 0 spiro atoms. The van der Waals surface area contributed by atoms with Gasteiger partial charge in [-0.15, -0.1) is 13.2 Å². The second-order valence-corrected chi connectivity index (χ2v) is 5.57. The van der Waals surface area contributed by atoms with E-state index >= 15 is 0 Å². The fourth-order valence-corrected chi connectivity index (χ4v) is 2.22. The van der Waals surface area contributed by atoms with E-state index in [4.69, 9.17) is 23.2 Å². The Hall–Kier alpha value is -1.99. The number of benzene rings is 1. The molecule has 0 unspecified atom stereocenters. The summed E-state index contributed by atoms with van der Waals surface area (Å²) in [7, 11) is 0. The number of amides is 1. The van der Waals surface area contributed by atoms with Crippen molar-refractivity contribution >= 4 is 29.1 Å². The van der Waals surface area contributed by atoms with Crippen LogP contribution in [0.3, 0.4) is 0 Å². The van der Waals surface area contributed by atoms with Crippen LogP contribution in [-0.4, -0.2) is 17.3 Å². The molecule has 128 valence electrons. The maximum atomic E-state index is 12.2. The van der Waals surface area contributed by atoms with Crippen LogP contribution in [0.2, 0.25) is 10.2 Å². The highest BCUT2D eigenvalue weighted by Gasteiger charge is 2.31. The zero-order chi connectivity index (χ0) is 17.9. The number of halogens is 5. The summed E-state index contributed by atoms with van der Waals surface area (Å²) in [6, 6.07) is 7.56. The van der Waals surface area contributed by atoms with Gasteiger partial charge < -0.3 is 10.1 Å². The summed E-state index contributed by atoms with van der Waals surface area (Å²) in [4.78, 5) is 16.0. The molecule has 24 heavy (non-hydrogen) atoms. The summed E-state index contributed by atoms with van der Waals surface area (Å²) >= 11 is 11.6. The lowest BCUT2D eigenvalue weighted by atomic mass is 10.1. The molecule has 0 radical (unpaired) electrons. The van der Waals surface area contributed by atoms with E-state index < -0.39 is 18.3 Å². The maximum Gasteiger partial charge on any atom is 0.573 e. The molecule has 4 nitrogen and oxygen atoms in total. The zero-order valence-corrected chi connectivity index (χ0v) is 13.7. The Balaban J connectivity index is 2.08. The van der Waals surface area contributed by atoms with Crippen LogP contribution >= 0.6 is 23.2 Å². The fraction of sp³-hybridized carbons (Fsp3) is 0.200. The van der Waals surface area contributed by atoms with Crippen LogP contribution in [0, 0.1) is 0 Å². The lowest BCUT2D eigenvalue weighted by molar-refractivity contribution is -0.274. The van der Waals surface area contributed by atoms with E-state index in [1.54, 1.807) is 6.92 Å². The van der Waals surface area contributed by atoms with Gasteiger partial charge in [-0.2, -0.15) is 0 Å². The Morgan fingerprint density at radius 2 is 1.79 bits per heavy atom. The van der Waals surface area contributed by atoms with Crippen LogP contribution < -0.4 is 10.1 Å². The molecule has 0 aliphatic rings. The third-order valence-corrected chi connectivity index (χ3v) is 3.50. The van der Waals surface area contributed by atoms with Crippen molar-refractivity contribution in [1.29, 1.82) is 0 Å². The van der Waals surface area contributed by atoms with Crippen molar-refractivity contribution < 1.29 is 22.7 Å². The van der Waals surface area contributed by atoms with Gasteiger partial charge in [0.1, 0.15) is 16.6 Å². The van der Waals surface area contributed by atoms with Crippen molar-refractivity contribution in [2.24, 2.45) is 0 Å². The van der Waals surface area contributed by atoms with Crippen molar-refractivity contribution in [1.82, 2.24) is 10.3 Å². The van der Waals surface area contributed by atoms with E-state index in [-0.39, 0.29) is 21.6 Å². The number of hydrogen-bond acceptors (Lipinski definition) is 3. The van der Waals surface area contributed by atoms with Crippen molar-refractivity contribution in [2.75, 3.05) is 0 Å². The van der Waals surface area contributed by atoms with Gasteiger partial charge in [0.15, 0.2) is 0 Å². The number of nitrogens with one attached hydrogen (secondary N) is 1. The second kappa shape index (κ2) is 7.27. The third kappa shape index (κ3) is 5.01. The maximum absolute atomic E-state index is 12.2. The van der Waals surface area contributed by atoms with Crippen molar-refractivity contribution in [2.45, 2.75) is 19.3 Å². The number of rotatable bonds is 4. The second-order valence-electron chi connectivity index (χ2n) is 4.78. The molecule has 1 heterocycles. The number of alkyl halides is 3. The highest BCUT2D eigenvalue weighted by atomic mass is 35.5. The van der Waals surface area contributed by atoms with Gasteiger partial charge in [-0.1, -0.05) is 35.3 Å². The Morgan fingerprint density at radius 1 is 1.17 bits per heavy atom. The van der Waals surface area contributed by atoms with Gasteiger partial charge in [0.25, 0.3) is 5.91 Å². The topological polar surface area (TPSA) is 51.2 Å². The normalized spacial score (nSPS) is 12.6. The van der Waals surface area contributed by atoms with Crippen LogP contribution in [-0.2, 0) is 0 Å². The first-order chi connectivity index (χ1) is 11.2. The molecule has 0 saturated heterocycles. The van der Waals surface area contributed by atoms with Crippen molar-refractivity contribution in [3.8, 4) is 5.75 Å². The highest BCUT2D eigenvalue weighted by Crippen LogP contribution is 2.25. The van der Waals surface area contributed by atoms with E-state index in [0.717, 1.165) is 12.1 Å². The molecule has 1 amide bonds. The molecule has 0 bridgehead atoms. The fourth-order valence-electron chi connectivity index (χ4n) is 1.88. The van der Waals surface area contributed by atoms with Crippen LogP contribution in [0.25, 0.3) is 0 Å². The minimum Gasteiger partial charge on any atom is -0.406 e.